The van der Waals surface area contributed by atoms with Crippen molar-refractivity contribution in [2.45, 2.75) is 39.7 Å². The number of carbonyl (C=O) groups excluding carboxylic acids is 1. The van der Waals surface area contributed by atoms with Gasteiger partial charge in [-0.1, -0.05) is 25.5 Å². The van der Waals surface area contributed by atoms with Crippen molar-refractivity contribution in [1.29, 1.82) is 0 Å². The first-order valence-electron chi connectivity index (χ1n) is 6.34. The Morgan fingerprint density at radius 3 is 2.67 bits per heavy atom. The van der Waals surface area contributed by atoms with Crippen LogP contribution in [0, 0.1) is 5.92 Å². The molecule has 0 aromatic carbocycles. The van der Waals surface area contributed by atoms with Gasteiger partial charge in [0.2, 0.25) is 0 Å². The number of hydrogen-bond donors (Lipinski definition) is 2. The molecule has 1 aliphatic rings. The molecule has 102 valence electrons. The van der Waals surface area contributed by atoms with Crippen molar-refractivity contribution in [1.82, 2.24) is 10.2 Å². The summed E-state index contributed by atoms with van der Waals surface area (Å²) in [5.74, 6) is -0.740. The summed E-state index contributed by atoms with van der Waals surface area (Å²) in [4.78, 5) is 24.7. The van der Waals surface area contributed by atoms with Crippen LogP contribution in [0.5, 0.6) is 0 Å². The maximum atomic E-state index is 12.0. The topological polar surface area (TPSA) is 69.6 Å². The smallest absolute Gasteiger partial charge is 0.326 e. The van der Waals surface area contributed by atoms with Crippen molar-refractivity contribution in [2.24, 2.45) is 5.92 Å². The predicted octanol–water partition coefficient (Wildman–Crippen LogP) is 1.85. The molecule has 0 radical (unpaired) electrons. The van der Waals surface area contributed by atoms with Gasteiger partial charge in [-0.25, -0.2) is 9.59 Å². The van der Waals surface area contributed by atoms with E-state index in [1.807, 2.05) is 20.8 Å². The molecular formula is C13H22N2O3. The van der Waals surface area contributed by atoms with E-state index in [4.69, 9.17) is 5.11 Å². The molecule has 1 aliphatic heterocycles. The number of nitrogens with one attached hydrogen (secondary N) is 1. The van der Waals surface area contributed by atoms with Gasteiger partial charge in [0.1, 0.15) is 6.04 Å². The molecule has 0 bridgehead atoms. The highest BCUT2D eigenvalue weighted by Gasteiger charge is 2.24. The molecule has 0 aliphatic carbocycles. The van der Waals surface area contributed by atoms with Gasteiger partial charge in [-0.05, 0) is 25.7 Å². The Bertz CT molecular complexity index is 350. The second-order valence-corrected chi connectivity index (χ2v) is 5.23. The largest absolute Gasteiger partial charge is 0.480 e. The van der Waals surface area contributed by atoms with Crippen LogP contribution in [0.4, 0.5) is 4.79 Å². The maximum absolute atomic E-state index is 12.0. The second kappa shape index (κ2) is 6.42. The first-order chi connectivity index (χ1) is 8.40. The van der Waals surface area contributed by atoms with E-state index in [0.29, 0.717) is 19.5 Å². The summed E-state index contributed by atoms with van der Waals surface area (Å²) in [7, 11) is 0. The van der Waals surface area contributed by atoms with E-state index < -0.39 is 12.0 Å². The average Bonchev–Trinajstić information content (AvgIpc) is 2.27. The monoisotopic (exact) mass is 254 g/mol. The molecule has 5 nitrogen and oxygen atoms in total. The van der Waals surface area contributed by atoms with Crippen LogP contribution in [-0.2, 0) is 4.79 Å². The molecule has 0 fully saturated rings. The zero-order valence-electron chi connectivity index (χ0n) is 11.3. The van der Waals surface area contributed by atoms with Gasteiger partial charge < -0.3 is 15.3 Å². The van der Waals surface area contributed by atoms with E-state index in [1.165, 1.54) is 0 Å². The Morgan fingerprint density at radius 1 is 1.50 bits per heavy atom. The highest BCUT2D eigenvalue weighted by molar-refractivity contribution is 5.82. The molecular weight excluding hydrogens is 232 g/mol. The average molecular weight is 254 g/mol. The normalized spacial score (nSPS) is 17.3. The van der Waals surface area contributed by atoms with Crippen LogP contribution < -0.4 is 5.32 Å². The van der Waals surface area contributed by atoms with Gasteiger partial charge in [0.15, 0.2) is 0 Å². The second-order valence-electron chi connectivity index (χ2n) is 5.23. The summed E-state index contributed by atoms with van der Waals surface area (Å²) >= 11 is 0. The number of aliphatic carboxylic acids is 1. The standard InChI is InChI=1S/C13H22N2O3/c1-9(2)7-11(12(16)17)14-13(18)15-6-4-5-10(3)8-15/h5,9,11H,4,6-8H2,1-3H3,(H,14,18)(H,16,17)/t11-/m1/s1. The van der Waals surface area contributed by atoms with E-state index in [0.717, 1.165) is 12.0 Å². The van der Waals surface area contributed by atoms with Gasteiger partial charge in [0.25, 0.3) is 0 Å². The lowest BCUT2D eigenvalue weighted by Gasteiger charge is -2.28. The minimum absolute atomic E-state index is 0.231. The molecule has 2 N–H and O–H groups in total. The molecule has 1 heterocycles. The zero-order valence-corrected chi connectivity index (χ0v) is 11.3. The molecule has 0 aromatic rings. The van der Waals surface area contributed by atoms with Crippen molar-refractivity contribution in [3.63, 3.8) is 0 Å². The Morgan fingerprint density at radius 2 is 2.17 bits per heavy atom. The number of hydrogen-bond acceptors (Lipinski definition) is 2. The van der Waals surface area contributed by atoms with E-state index in [9.17, 15) is 9.59 Å². The van der Waals surface area contributed by atoms with Crippen LogP contribution in [0.2, 0.25) is 0 Å². The summed E-state index contributed by atoms with van der Waals surface area (Å²) < 4.78 is 0. The predicted molar refractivity (Wildman–Crippen MR) is 69.4 cm³/mol. The van der Waals surface area contributed by atoms with Gasteiger partial charge in [-0.3, -0.25) is 0 Å². The molecule has 5 heteroatoms. The van der Waals surface area contributed by atoms with Gasteiger partial charge in [0.05, 0.1) is 0 Å². The summed E-state index contributed by atoms with van der Waals surface area (Å²) in [5.41, 5.74) is 1.15. The Kier molecular flexibility index (Phi) is 5.19. The first kappa shape index (κ1) is 14.5. The quantitative estimate of drug-likeness (QED) is 0.752. The third-order valence-electron chi connectivity index (χ3n) is 2.92. The Balaban J connectivity index is 2.56. The number of carbonyl (C=O) groups is 2. The third-order valence-corrected chi connectivity index (χ3v) is 2.92. The maximum Gasteiger partial charge on any atom is 0.326 e. The Labute approximate surface area is 108 Å². The van der Waals surface area contributed by atoms with Crippen LogP contribution in [0.1, 0.15) is 33.6 Å². The summed E-state index contributed by atoms with van der Waals surface area (Å²) in [6.07, 6.45) is 3.39. The first-order valence-corrected chi connectivity index (χ1v) is 6.34. The Hall–Kier alpha value is -1.52. The molecule has 2 amide bonds. The molecule has 0 saturated carbocycles. The number of rotatable bonds is 4. The number of amides is 2. The van der Waals surface area contributed by atoms with Crippen molar-refractivity contribution >= 4 is 12.0 Å². The van der Waals surface area contributed by atoms with Crippen molar-refractivity contribution in [3.8, 4) is 0 Å². The van der Waals surface area contributed by atoms with E-state index in [-0.39, 0.29) is 11.9 Å². The number of carboxylic acid groups (broad SMARTS) is 1. The highest BCUT2D eigenvalue weighted by atomic mass is 16.4. The fourth-order valence-corrected chi connectivity index (χ4v) is 2.02. The van der Waals surface area contributed by atoms with Crippen molar-refractivity contribution in [3.05, 3.63) is 11.6 Å². The minimum atomic E-state index is -0.971. The van der Waals surface area contributed by atoms with Gasteiger partial charge in [0, 0.05) is 13.1 Å². The van der Waals surface area contributed by atoms with E-state index in [1.54, 1.807) is 4.90 Å². The highest BCUT2D eigenvalue weighted by Crippen LogP contribution is 2.10. The third kappa shape index (κ3) is 4.39. The van der Waals surface area contributed by atoms with Crippen LogP contribution in [0.3, 0.4) is 0 Å². The lowest BCUT2D eigenvalue weighted by Crippen LogP contribution is -2.49. The molecule has 0 unspecified atom stereocenters. The molecule has 0 saturated heterocycles. The fourth-order valence-electron chi connectivity index (χ4n) is 2.02. The molecule has 0 aromatic heterocycles. The van der Waals surface area contributed by atoms with E-state index >= 15 is 0 Å². The number of nitrogens with zero attached hydrogens (tertiary/aromatic N) is 1. The van der Waals surface area contributed by atoms with Gasteiger partial charge in [-0.2, -0.15) is 0 Å². The fraction of sp³-hybridized carbons (Fsp3) is 0.692. The number of carboxylic acids is 1. The SMILES string of the molecule is CC1=CCCN(C(=O)N[C@H](CC(C)C)C(=O)O)C1. The van der Waals surface area contributed by atoms with E-state index in [2.05, 4.69) is 11.4 Å². The van der Waals surface area contributed by atoms with Crippen molar-refractivity contribution < 1.29 is 14.7 Å². The van der Waals surface area contributed by atoms with Gasteiger partial charge >= 0.3 is 12.0 Å². The summed E-state index contributed by atoms with van der Waals surface area (Å²) in [6, 6.07) is -1.08. The molecule has 0 spiro atoms. The van der Waals surface area contributed by atoms with Crippen LogP contribution in [0.15, 0.2) is 11.6 Å². The minimum Gasteiger partial charge on any atom is -0.480 e. The molecule has 18 heavy (non-hydrogen) atoms. The summed E-state index contributed by atoms with van der Waals surface area (Å²) in [5, 5.41) is 11.7. The van der Waals surface area contributed by atoms with Crippen molar-refractivity contribution in [2.75, 3.05) is 13.1 Å². The zero-order chi connectivity index (χ0) is 13.7. The number of urea groups is 1. The van der Waals surface area contributed by atoms with Crippen LogP contribution in [0.25, 0.3) is 0 Å². The van der Waals surface area contributed by atoms with Gasteiger partial charge in [-0.15, -0.1) is 0 Å². The lowest BCUT2D eigenvalue weighted by atomic mass is 10.0. The summed E-state index contributed by atoms with van der Waals surface area (Å²) in [6.45, 7) is 7.09. The molecule has 1 atom stereocenters. The van der Waals surface area contributed by atoms with Crippen LogP contribution >= 0.6 is 0 Å². The molecule has 1 rings (SSSR count). The lowest BCUT2D eigenvalue weighted by molar-refractivity contribution is -0.139. The van der Waals surface area contributed by atoms with Crippen LogP contribution in [-0.4, -0.2) is 41.1 Å².